The number of rotatable bonds is 22. The summed E-state index contributed by atoms with van der Waals surface area (Å²) in [5, 5.41) is 0. The van der Waals surface area contributed by atoms with Crippen LogP contribution in [0.5, 0.6) is 0 Å². The van der Waals surface area contributed by atoms with Gasteiger partial charge in [-0.2, -0.15) is 0 Å². The fourth-order valence-electron chi connectivity index (χ4n) is 3.49. The third-order valence-corrected chi connectivity index (χ3v) is 5.28. The smallest absolute Gasteiger partial charge is 0.870 e. The minimum Gasteiger partial charge on any atom is -0.870 e. The first-order valence-corrected chi connectivity index (χ1v) is 12.0. The molecule has 0 bridgehead atoms. The first kappa shape index (κ1) is 32.6. The monoisotopic (exact) mass is 394 g/mol. The van der Waals surface area contributed by atoms with Gasteiger partial charge in [-0.1, -0.05) is 129 Å². The van der Waals surface area contributed by atoms with Crippen LogP contribution in [0.25, 0.3) is 0 Å². The minimum absolute atomic E-state index is 0. The third-order valence-electron chi connectivity index (χ3n) is 5.28. The van der Waals surface area contributed by atoms with E-state index < -0.39 is 0 Å². The summed E-state index contributed by atoms with van der Waals surface area (Å²) in [5.41, 5.74) is 0. The van der Waals surface area contributed by atoms with Gasteiger partial charge in [-0.15, -0.1) is 0 Å². The van der Waals surface area contributed by atoms with Crippen molar-refractivity contribution in [3.8, 4) is 0 Å². The van der Waals surface area contributed by atoms with Gasteiger partial charge in [-0.05, 0) is 12.8 Å². The van der Waals surface area contributed by atoms with Gasteiger partial charge >= 0.3 is 29.6 Å². The largest absolute Gasteiger partial charge is 1.00 e. The van der Waals surface area contributed by atoms with E-state index >= 15 is 0 Å². The molecule has 0 atom stereocenters. The molecule has 2 nitrogen and oxygen atoms in total. The van der Waals surface area contributed by atoms with Crippen LogP contribution in [0.15, 0.2) is 0 Å². The molecule has 0 saturated heterocycles. The maximum absolute atomic E-state index is 5.78. The van der Waals surface area contributed by atoms with E-state index in [0.29, 0.717) is 0 Å². The SMILES string of the molecule is CCCCCCCCCCCCOCCCCCCCCCCCC.[Na+].[OH-]. The van der Waals surface area contributed by atoms with E-state index in [-0.39, 0.29) is 35.0 Å². The predicted octanol–water partition coefficient (Wildman–Crippen LogP) is 5.67. The van der Waals surface area contributed by atoms with Crippen molar-refractivity contribution in [3.63, 3.8) is 0 Å². The standard InChI is InChI=1S/C24H50O.Na.H2O/c1-3-5-7-9-11-13-15-17-19-21-23-25-24-22-20-18-16-14-12-10-8-6-4-2;;/h3-24H2,1-2H3;;1H2/q;+1;/p-1. The second kappa shape index (κ2) is 31.6. The zero-order chi connectivity index (χ0) is 18.3. The summed E-state index contributed by atoms with van der Waals surface area (Å²) in [6, 6.07) is 0. The van der Waals surface area contributed by atoms with Crippen molar-refractivity contribution in [1.82, 2.24) is 0 Å². The molecule has 0 aliphatic heterocycles. The van der Waals surface area contributed by atoms with Crippen LogP contribution in [-0.2, 0) is 4.74 Å². The van der Waals surface area contributed by atoms with E-state index in [1.54, 1.807) is 0 Å². The Balaban J connectivity index is -0.00000288. The van der Waals surface area contributed by atoms with Crippen molar-refractivity contribution in [3.05, 3.63) is 0 Å². The number of hydrogen-bond acceptors (Lipinski definition) is 2. The van der Waals surface area contributed by atoms with Crippen LogP contribution in [0.1, 0.15) is 142 Å². The van der Waals surface area contributed by atoms with Crippen LogP contribution in [0.3, 0.4) is 0 Å². The van der Waals surface area contributed by atoms with Crippen molar-refractivity contribution >= 4 is 0 Å². The maximum Gasteiger partial charge on any atom is 1.00 e. The van der Waals surface area contributed by atoms with Crippen LogP contribution < -0.4 is 29.6 Å². The van der Waals surface area contributed by atoms with Gasteiger partial charge in [-0.3, -0.25) is 0 Å². The summed E-state index contributed by atoms with van der Waals surface area (Å²) in [4.78, 5) is 0. The van der Waals surface area contributed by atoms with E-state index in [0.717, 1.165) is 13.2 Å². The van der Waals surface area contributed by atoms with Gasteiger partial charge < -0.3 is 10.2 Å². The van der Waals surface area contributed by atoms with Crippen molar-refractivity contribution in [1.29, 1.82) is 0 Å². The molecule has 160 valence electrons. The molecule has 0 spiro atoms. The van der Waals surface area contributed by atoms with Crippen LogP contribution in [0.2, 0.25) is 0 Å². The normalized spacial score (nSPS) is 10.4. The van der Waals surface area contributed by atoms with Crippen LogP contribution in [-0.4, -0.2) is 18.7 Å². The Morgan fingerprint density at radius 3 is 0.852 bits per heavy atom. The van der Waals surface area contributed by atoms with E-state index in [2.05, 4.69) is 13.8 Å². The molecule has 0 aromatic rings. The first-order chi connectivity index (χ1) is 12.4. The fraction of sp³-hybridized carbons (Fsp3) is 1.00. The first-order valence-electron chi connectivity index (χ1n) is 12.0. The molecular formula is C24H51NaO2. The van der Waals surface area contributed by atoms with Gasteiger partial charge in [0.15, 0.2) is 0 Å². The molecule has 3 heteroatoms. The van der Waals surface area contributed by atoms with Crippen molar-refractivity contribution < 1.29 is 39.8 Å². The second-order valence-corrected chi connectivity index (χ2v) is 7.98. The van der Waals surface area contributed by atoms with Crippen molar-refractivity contribution in [2.45, 2.75) is 142 Å². The number of unbranched alkanes of at least 4 members (excludes halogenated alkanes) is 18. The Kier molecular flexibility index (Phi) is 38.1. The topological polar surface area (TPSA) is 39.2 Å². The fourth-order valence-corrected chi connectivity index (χ4v) is 3.49. The number of ether oxygens (including phenoxy) is 1. The molecule has 0 saturated carbocycles. The molecule has 0 aliphatic carbocycles. The molecule has 1 N–H and O–H groups in total. The van der Waals surface area contributed by atoms with E-state index in [1.807, 2.05) is 0 Å². The summed E-state index contributed by atoms with van der Waals surface area (Å²) in [6.07, 6.45) is 28.2. The summed E-state index contributed by atoms with van der Waals surface area (Å²) in [6.45, 7) is 6.57. The third kappa shape index (κ3) is 31.8. The Morgan fingerprint density at radius 2 is 0.593 bits per heavy atom. The van der Waals surface area contributed by atoms with E-state index in [1.165, 1.54) is 128 Å². The van der Waals surface area contributed by atoms with Crippen LogP contribution in [0, 0.1) is 0 Å². The zero-order valence-electron chi connectivity index (χ0n) is 19.4. The molecule has 0 amide bonds. The Labute approximate surface area is 194 Å². The summed E-state index contributed by atoms with van der Waals surface area (Å²) in [7, 11) is 0. The molecule has 0 radical (unpaired) electrons. The average Bonchev–Trinajstić information content (AvgIpc) is 2.63. The van der Waals surface area contributed by atoms with Crippen molar-refractivity contribution in [2.24, 2.45) is 0 Å². The second-order valence-electron chi connectivity index (χ2n) is 7.98. The van der Waals surface area contributed by atoms with E-state index in [9.17, 15) is 0 Å². The molecule has 0 unspecified atom stereocenters. The molecule has 0 heterocycles. The minimum atomic E-state index is 0. The average molecular weight is 395 g/mol. The maximum atomic E-state index is 5.78. The van der Waals surface area contributed by atoms with Gasteiger partial charge in [0.05, 0.1) is 0 Å². The van der Waals surface area contributed by atoms with Gasteiger partial charge in [0.2, 0.25) is 0 Å². The molecule has 0 aromatic heterocycles. The molecular weight excluding hydrogens is 343 g/mol. The molecule has 27 heavy (non-hydrogen) atoms. The van der Waals surface area contributed by atoms with Crippen molar-refractivity contribution in [2.75, 3.05) is 13.2 Å². The van der Waals surface area contributed by atoms with Crippen LogP contribution in [0.4, 0.5) is 0 Å². The van der Waals surface area contributed by atoms with Gasteiger partial charge in [-0.25, -0.2) is 0 Å². The summed E-state index contributed by atoms with van der Waals surface area (Å²) in [5.74, 6) is 0. The van der Waals surface area contributed by atoms with E-state index in [4.69, 9.17) is 4.74 Å². The Hall–Kier alpha value is 0.920. The van der Waals surface area contributed by atoms with Gasteiger partial charge in [0, 0.05) is 13.2 Å². The zero-order valence-corrected chi connectivity index (χ0v) is 21.4. The predicted molar refractivity (Wildman–Crippen MR) is 116 cm³/mol. The molecule has 0 rings (SSSR count). The quantitative estimate of drug-likeness (QED) is 0.175. The summed E-state index contributed by atoms with van der Waals surface area (Å²) < 4.78 is 5.78. The number of hydrogen-bond donors (Lipinski definition) is 0. The van der Waals surface area contributed by atoms with Crippen LogP contribution >= 0.6 is 0 Å². The van der Waals surface area contributed by atoms with Gasteiger partial charge in [0.1, 0.15) is 0 Å². The molecule has 0 aromatic carbocycles. The molecule has 0 aliphatic rings. The Morgan fingerprint density at radius 1 is 0.370 bits per heavy atom. The Bertz CT molecular complexity index is 202. The van der Waals surface area contributed by atoms with Gasteiger partial charge in [0.25, 0.3) is 0 Å². The summed E-state index contributed by atoms with van der Waals surface area (Å²) >= 11 is 0. The molecule has 0 fully saturated rings.